The van der Waals surface area contributed by atoms with Gasteiger partial charge in [-0.15, -0.1) is 22.4 Å². The lowest BCUT2D eigenvalue weighted by atomic mass is 9.84. The second-order valence-electron chi connectivity index (χ2n) is 8.52. The van der Waals surface area contributed by atoms with Gasteiger partial charge in [0.1, 0.15) is 7.57 Å². The highest BCUT2D eigenvalue weighted by atomic mass is 127. The Morgan fingerprint density at radius 2 is 1.45 bits per heavy atom. The first-order valence-corrected chi connectivity index (χ1v) is 17.3. The molecule has 4 unspecified atom stereocenters. The molecule has 180 valence electrons. The number of likely N-dealkylation sites (tertiary alicyclic amines) is 2. The van der Waals surface area contributed by atoms with Gasteiger partial charge in [-0.3, -0.25) is 38.8 Å². The summed E-state index contributed by atoms with van der Waals surface area (Å²) in [6, 6.07) is 0. The van der Waals surface area contributed by atoms with E-state index in [1.54, 1.807) is 0 Å². The number of rotatable bonds is 11. The van der Waals surface area contributed by atoms with Gasteiger partial charge in [-0.05, 0) is 0 Å². The molecule has 0 aromatic rings. The number of halogens is 2. The van der Waals surface area contributed by atoms with Crippen molar-refractivity contribution < 1.29 is 19.2 Å². The summed E-state index contributed by atoms with van der Waals surface area (Å²) < 4.78 is 0.0875. The Morgan fingerprint density at radius 1 is 0.909 bits per heavy atom. The first kappa shape index (κ1) is 28.2. The molecule has 0 aliphatic carbocycles. The van der Waals surface area contributed by atoms with Gasteiger partial charge in [0.05, 0.1) is 5.66 Å². The Labute approximate surface area is 226 Å². The average molecular weight is 717 g/mol. The van der Waals surface area contributed by atoms with E-state index in [9.17, 15) is 19.2 Å². The Bertz CT molecular complexity index is 759. The van der Waals surface area contributed by atoms with Crippen LogP contribution in [0.5, 0.6) is 0 Å². The average Bonchev–Trinajstić information content (AvgIpc) is 3.22. The maximum atomic E-state index is 12.4. The maximum Gasteiger partial charge on any atom is 0.252 e. The molecular formula is C18H29B2I2N5O4P2. The lowest BCUT2D eigenvalue weighted by molar-refractivity contribution is -0.140. The third kappa shape index (κ3) is 7.55. The van der Waals surface area contributed by atoms with E-state index in [1.165, 1.54) is 9.80 Å². The third-order valence-corrected chi connectivity index (χ3v) is 10.8. The molecule has 0 aromatic heterocycles. The van der Waals surface area contributed by atoms with Crippen molar-refractivity contribution in [3.63, 3.8) is 0 Å². The highest BCUT2D eigenvalue weighted by molar-refractivity contribution is 14.2. The fourth-order valence-corrected chi connectivity index (χ4v) is 7.17. The number of hydrogen-bond acceptors (Lipinski definition) is 7. The molecule has 0 spiro atoms. The van der Waals surface area contributed by atoms with Crippen molar-refractivity contribution in [3.05, 3.63) is 0 Å². The van der Waals surface area contributed by atoms with Gasteiger partial charge in [-0.2, -0.15) is 9.12 Å². The summed E-state index contributed by atoms with van der Waals surface area (Å²) in [5, 5.41) is 3.33. The monoisotopic (exact) mass is 717 g/mol. The van der Waals surface area contributed by atoms with Crippen LogP contribution in [0.3, 0.4) is 0 Å². The van der Waals surface area contributed by atoms with Crippen LogP contribution in [-0.4, -0.2) is 126 Å². The molecule has 4 amide bonds. The molecule has 15 heteroatoms. The minimum atomic E-state index is -0.954. The Hall–Kier alpha value is 0.610. The van der Waals surface area contributed by atoms with Gasteiger partial charge in [0.2, 0.25) is 23.6 Å². The van der Waals surface area contributed by atoms with Gasteiger partial charge in [0.25, 0.3) is 4.29 Å². The van der Waals surface area contributed by atoms with E-state index in [0.29, 0.717) is 26.1 Å². The number of amides is 4. The van der Waals surface area contributed by atoms with Crippen LogP contribution in [0, 0.1) is 0 Å². The number of hydrogen-bond donors (Lipinski definition) is 1. The first-order chi connectivity index (χ1) is 15.7. The molecule has 3 saturated heterocycles. The van der Waals surface area contributed by atoms with E-state index in [2.05, 4.69) is 68.7 Å². The summed E-state index contributed by atoms with van der Waals surface area (Å²) in [6.45, 7) is 7.57. The van der Waals surface area contributed by atoms with Crippen molar-refractivity contribution in [2.24, 2.45) is 0 Å². The molecule has 0 bridgehead atoms. The standard InChI is InChI=1S/C18H29B2I2N5O4P2/c19-33(22)14-12-16(29)26(18(14)31)4-2-23-1-3-24-5-7-25(8-6-24)9-10-27-15(28)11-13(17(27)30)20(21)32/h13-14,23H,1-12,32H2. The molecule has 3 aliphatic heterocycles. The molecule has 3 rings (SSSR count). The maximum absolute atomic E-state index is 12.4. The minimum absolute atomic E-state index is 0.0370. The van der Waals surface area contributed by atoms with Crippen molar-refractivity contribution in [1.29, 1.82) is 0 Å². The van der Waals surface area contributed by atoms with Crippen molar-refractivity contribution >= 4 is 94.5 Å². The topological polar surface area (TPSA) is 93.3 Å². The Kier molecular flexibility index (Phi) is 11.3. The quantitative estimate of drug-likeness (QED) is 0.107. The normalized spacial score (nSPS) is 26.0. The van der Waals surface area contributed by atoms with Crippen LogP contribution in [0.2, 0.25) is 5.82 Å². The highest BCUT2D eigenvalue weighted by Crippen LogP contribution is 2.49. The van der Waals surface area contributed by atoms with Crippen LogP contribution < -0.4 is 5.32 Å². The Morgan fingerprint density at radius 3 is 2.00 bits per heavy atom. The van der Waals surface area contributed by atoms with Crippen molar-refractivity contribution in [2.45, 2.75) is 24.3 Å². The van der Waals surface area contributed by atoms with Crippen LogP contribution in [0.15, 0.2) is 0 Å². The predicted molar refractivity (Wildman–Crippen MR) is 152 cm³/mol. The summed E-state index contributed by atoms with van der Waals surface area (Å²) in [7, 11) is 8.48. The number of nitrogens with zero attached hydrogens (tertiary/aromatic N) is 4. The molecule has 2 radical (unpaired) electrons. The number of carbonyl (C=O) groups is 4. The van der Waals surface area contributed by atoms with Crippen LogP contribution in [-0.2, 0) is 19.2 Å². The van der Waals surface area contributed by atoms with Gasteiger partial charge in [0, 0.05) is 84.1 Å². The lowest BCUT2D eigenvalue weighted by Gasteiger charge is -2.35. The van der Waals surface area contributed by atoms with Crippen molar-refractivity contribution in [2.75, 3.05) is 65.4 Å². The molecule has 9 nitrogen and oxygen atoms in total. The number of piperazine rings is 1. The molecule has 0 aromatic carbocycles. The highest BCUT2D eigenvalue weighted by Gasteiger charge is 2.42. The predicted octanol–water partition coefficient (Wildman–Crippen LogP) is 0.164. The molecule has 33 heavy (non-hydrogen) atoms. The van der Waals surface area contributed by atoms with Gasteiger partial charge in [0.15, 0.2) is 0 Å². The fourth-order valence-electron chi connectivity index (χ4n) is 4.32. The summed E-state index contributed by atoms with van der Waals surface area (Å²) in [4.78, 5) is 56.4. The van der Waals surface area contributed by atoms with E-state index >= 15 is 0 Å². The minimum Gasteiger partial charge on any atom is -0.314 e. The lowest BCUT2D eigenvalue weighted by Crippen LogP contribution is -2.50. The molecule has 3 aliphatic rings. The van der Waals surface area contributed by atoms with Gasteiger partial charge in [-0.1, -0.05) is 27.5 Å². The molecule has 3 heterocycles. The van der Waals surface area contributed by atoms with E-state index in [0.717, 1.165) is 45.8 Å². The van der Waals surface area contributed by atoms with E-state index < -0.39 is 5.44 Å². The summed E-state index contributed by atoms with van der Waals surface area (Å²) >= 11 is 4.25. The molecule has 0 saturated carbocycles. The second kappa shape index (κ2) is 13.2. The van der Waals surface area contributed by atoms with E-state index in [1.807, 2.05) is 0 Å². The molecular weight excluding hydrogens is 688 g/mol. The third-order valence-electron chi connectivity index (χ3n) is 6.40. The zero-order valence-electron chi connectivity index (χ0n) is 18.5. The summed E-state index contributed by atoms with van der Waals surface area (Å²) in [5.41, 5.74) is -1.29. The van der Waals surface area contributed by atoms with Gasteiger partial charge < -0.3 is 5.32 Å². The van der Waals surface area contributed by atoms with Crippen molar-refractivity contribution in [1.82, 2.24) is 24.9 Å². The van der Waals surface area contributed by atoms with E-state index in [-0.39, 0.29) is 45.8 Å². The zero-order chi connectivity index (χ0) is 24.1. The largest absolute Gasteiger partial charge is 0.314 e. The molecule has 4 atom stereocenters. The van der Waals surface area contributed by atoms with Crippen LogP contribution in [0.25, 0.3) is 0 Å². The first-order valence-electron chi connectivity index (χ1n) is 11.1. The zero-order valence-corrected chi connectivity index (χ0v) is 24.9. The fraction of sp³-hybridized carbons (Fsp3) is 0.778. The summed E-state index contributed by atoms with van der Waals surface area (Å²) in [5.74, 6) is -0.542. The van der Waals surface area contributed by atoms with Crippen LogP contribution in [0.4, 0.5) is 0 Å². The van der Waals surface area contributed by atoms with Crippen LogP contribution in [0.1, 0.15) is 12.8 Å². The van der Waals surface area contributed by atoms with Crippen molar-refractivity contribution in [3.8, 4) is 0 Å². The van der Waals surface area contributed by atoms with Gasteiger partial charge in [-0.25, -0.2) is 0 Å². The summed E-state index contributed by atoms with van der Waals surface area (Å²) in [6.07, 6.45) is 0.565. The van der Waals surface area contributed by atoms with Gasteiger partial charge >= 0.3 is 0 Å². The number of nitrogens with one attached hydrogen (secondary N) is 1. The Balaban J connectivity index is 1.27. The van der Waals surface area contributed by atoms with Crippen LogP contribution >= 0.6 is 59.0 Å². The molecule has 3 fully saturated rings. The molecule has 1 N–H and O–H groups in total. The SMILES string of the molecule is [B]P(I)C1CC(=O)N(CCNCCN2CCN(CCN3C(=O)CC(B(P)I)C3=O)CC2)C1=O. The number of imide groups is 2. The van der Waals surface area contributed by atoms with E-state index in [4.69, 9.17) is 7.57 Å². The second-order valence-corrected chi connectivity index (χ2v) is 16.7. The smallest absolute Gasteiger partial charge is 0.252 e. The number of carbonyl (C=O) groups excluding carboxylic acids is 4.